The molecular weight excluding hydrogens is 174 g/mol. The van der Waals surface area contributed by atoms with E-state index in [0.717, 1.165) is 16.3 Å². The van der Waals surface area contributed by atoms with Gasteiger partial charge in [-0.2, -0.15) is 0 Å². The summed E-state index contributed by atoms with van der Waals surface area (Å²) >= 11 is 0. The summed E-state index contributed by atoms with van der Waals surface area (Å²) in [6.45, 7) is 4.22. The van der Waals surface area contributed by atoms with E-state index in [1.165, 1.54) is 0 Å². The molecule has 0 amide bonds. The molecule has 0 fully saturated rings. The maximum atomic E-state index is 9.54. The quantitative estimate of drug-likeness (QED) is 0.744. The Hall–Kier alpha value is -1.57. The fourth-order valence-corrected chi connectivity index (χ4v) is 1.69. The minimum absolute atomic E-state index is 0.326. The van der Waals surface area contributed by atoms with Crippen molar-refractivity contribution in [2.75, 3.05) is 0 Å². The zero-order chi connectivity index (χ0) is 10.1. The summed E-state index contributed by atoms with van der Waals surface area (Å²) in [6.07, 6.45) is 3.59. The molecule has 0 unspecified atom stereocenters. The molecule has 1 aromatic carbocycles. The SMILES string of the molecule is CC(C)c1cc(O)cc2ccncc12. The molecule has 0 aliphatic rings. The molecule has 0 spiro atoms. The lowest BCUT2D eigenvalue weighted by atomic mass is 9.97. The van der Waals surface area contributed by atoms with Gasteiger partial charge in [-0.15, -0.1) is 0 Å². The van der Waals surface area contributed by atoms with Crippen LogP contribution in [0.1, 0.15) is 25.3 Å². The van der Waals surface area contributed by atoms with E-state index in [2.05, 4.69) is 18.8 Å². The zero-order valence-electron chi connectivity index (χ0n) is 8.36. The number of phenolic OH excluding ortho intramolecular Hbond substituents is 1. The molecular formula is C12H13NO. The van der Waals surface area contributed by atoms with Crippen molar-refractivity contribution in [1.82, 2.24) is 4.98 Å². The van der Waals surface area contributed by atoms with Gasteiger partial charge in [0, 0.05) is 17.8 Å². The van der Waals surface area contributed by atoms with Gasteiger partial charge in [0.1, 0.15) is 5.75 Å². The molecule has 14 heavy (non-hydrogen) atoms. The predicted molar refractivity (Wildman–Crippen MR) is 57.5 cm³/mol. The highest BCUT2D eigenvalue weighted by Crippen LogP contribution is 2.28. The number of fused-ring (bicyclic) bond motifs is 1. The van der Waals surface area contributed by atoms with Crippen LogP contribution in [-0.2, 0) is 0 Å². The highest BCUT2D eigenvalue weighted by atomic mass is 16.3. The minimum atomic E-state index is 0.326. The second kappa shape index (κ2) is 3.29. The van der Waals surface area contributed by atoms with Crippen LogP contribution in [0.3, 0.4) is 0 Å². The minimum Gasteiger partial charge on any atom is -0.508 e. The topological polar surface area (TPSA) is 33.1 Å². The van der Waals surface area contributed by atoms with Gasteiger partial charge in [-0.05, 0) is 35.1 Å². The van der Waals surface area contributed by atoms with Crippen molar-refractivity contribution in [2.45, 2.75) is 19.8 Å². The highest BCUT2D eigenvalue weighted by Gasteiger charge is 2.06. The number of phenols is 1. The average molecular weight is 187 g/mol. The van der Waals surface area contributed by atoms with Crippen LogP contribution in [0.15, 0.2) is 30.6 Å². The third-order valence-electron chi connectivity index (χ3n) is 2.39. The summed E-state index contributed by atoms with van der Waals surface area (Å²) in [5, 5.41) is 11.7. The molecule has 0 atom stereocenters. The first-order chi connectivity index (χ1) is 6.68. The second-order valence-electron chi connectivity index (χ2n) is 3.79. The van der Waals surface area contributed by atoms with Crippen LogP contribution < -0.4 is 0 Å². The van der Waals surface area contributed by atoms with Gasteiger partial charge in [0.05, 0.1) is 0 Å². The summed E-state index contributed by atoms with van der Waals surface area (Å²) in [7, 11) is 0. The number of hydrogen-bond acceptors (Lipinski definition) is 2. The third-order valence-corrected chi connectivity index (χ3v) is 2.39. The Morgan fingerprint density at radius 1 is 1.29 bits per heavy atom. The van der Waals surface area contributed by atoms with E-state index < -0.39 is 0 Å². The maximum Gasteiger partial charge on any atom is 0.116 e. The molecule has 0 aliphatic heterocycles. The molecule has 0 aliphatic carbocycles. The van der Waals surface area contributed by atoms with Crippen LogP contribution in [-0.4, -0.2) is 10.1 Å². The van der Waals surface area contributed by atoms with Gasteiger partial charge < -0.3 is 5.11 Å². The molecule has 1 N–H and O–H groups in total. The summed E-state index contributed by atoms with van der Waals surface area (Å²) < 4.78 is 0. The van der Waals surface area contributed by atoms with Gasteiger partial charge in [-0.3, -0.25) is 4.98 Å². The van der Waals surface area contributed by atoms with Crippen LogP contribution in [0.4, 0.5) is 0 Å². The zero-order valence-corrected chi connectivity index (χ0v) is 8.36. The second-order valence-corrected chi connectivity index (χ2v) is 3.79. The molecule has 2 heteroatoms. The molecule has 72 valence electrons. The summed E-state index contributed by atoms with van der Waals surface area (Å²) in [5.41, 5.74) is 1.15. The predicted octanol–water partition coefficient (Wildman–Crippen LogP) is 3.06. The fraction of sp³-hybridized carbons (Fsp3) is 0.250. The Morgan fingerprint density at radius 2 is 2.07 bits per heavy atom. The smallest absolute Gasteiger partial charge is 0.116 e. The standard InChI is InChI=1S/C12H13NO/c1-8(2)11-6-10(14)5-9-3-4-13-7-12(9)11/h3-8,14H,1-2H3. The average Bonchev–Trinajstić information content (AvgIpc) is 2.16. The first kappa shape index (κ1) is 9.00. The van der Waals surface area contributed by atoms with E-state index in [4.69, 9.17) is 0 Å². The maximum absolute atomic E-state index is 9.54. The highest BCUT2D eigenvalue weighted by molar-refractivity contribution is 5.86. The van der Waals surface area contributed by atoms with Gasteiger partial charge in [0.25, 0.3) is 0 Å². The number of aromatic nitrogens is 1. The number of aromatic hydroxyl groups is 1. The Kier molecular flexibility index (Phi) is 2.12. The molecule has 0 saturated heterocycles. The number of hydrogen-bond donors (Lipinski definition) is 1. The van der Waals surface area contributed by atoms with Crippen molar-refractivity contribution >= 4 is 10.8 Å². The van der Waals surface area contributed by atoms with Gasteiger partial charge >= 0.3 is 0 Å². The lowest BCUT2D eigenvalue weighted by Crippen LogP contribution is -1.89. The van der Waals surface area contributed by atoms with E-state index in [9.17, 15) is 5.11 Å². The number of nitrogens with zero attached hydrogens (tertiary/aromatic N) is 1. The number of benzene rings is 1. The normalized spacial score (nSPS) is 11.1. The van der Waals surface area contributed by atoms with Crippen molar-refractivity contribution in [2.24, 2.45) is 0 Å². The van der Waals surface area contributed by atoms with Crippen LogP contribution >= 0.6 is 0 Å². The lowest BCUT2D eigenvalue weighted by molar-refractivity contribution is 0.475. The van der Waals surface area contributed by atoms with Crippen molar-refractivity contribution in [3.8, 4) is 5.75 Å². The van der Waals surface area contributed by atoms with Gasteiger partial charge in [0.15, 0.2) is 0 Å². The number of rotatable bonds is 1. The van der Waals surface area contributed by atoms with Gasteiger partial charge in [-0.25, -0.2) is 0 Å². The van der Waals surface area contributed by atoms with Gasteiger partial charge in [-0.1, -0.05) is 13.8 Å². The Balaban J connectivity index is 2.80. The Morgan fingerprint density at radius 3 is 2.79 bits per heavy atom. The van der Waals surface area contributed by atoms with E-state index >= 15 is 0 Å². The molecule has 1 heterocycles. The van der Waals surface area contributed by atoms with Crippen LogP contribution in [0.5, 0.6) is 5.75 Å². The summed E-state index contributed by atoms with van der Waals surface area (Å²) in [4.78, 5) is 4.10. The first-order valence-corrected chi connectivity index (χ1v) is 4.75. The van der Waals surface area contributed by atoms with E-state index in [1.807, 2.05) is 18.3 Å². The largest absolute Gasteiger partial charge is 0.508 e. The lowest BCUT2D eigenvalue weighted by Gasteiger charge is -2.09. The molecule has 2 aromatic rings. The van der Waals surface area contributed by atoms with Crippen molar-refractivity contribution < 1.29 is 5.11 Å². The first-order valence-electron chi connectivity index (χ1n) is 4.75. The number of pyridine rings is 1. The molecule has 0 radical (unpaired) electrons. The third kappa shape index (κ3) is 1.43. The van der Waals surface area contributed by atoms with Gasteiger partial charge in [0.2, 0.25) is 0 Å². The Bertz CT molecular complexity index is 463. The molecule has 1 aromatic heterocycles. The van der Waals surface area contributed by atoms with E-state index in [-0.39, 0.29) is 0 Å². The van der Waals surface area contributed by atoms with Crippen LogP contribution in [0.25, 0.3) is 10.8 Å². The molecule has 0 bridgehead atoms. The monoisotopic (exact) mass is 187 g/mol. The summed E-state index contributed by atoms with van der Waals surface area (Å²) in [5.74, 6) is 0.723. The van der Waals surface area contributed by atoms with Crippen molar-refractivity contribution in [1.29, 1.82) is 0 Å². The molecule has 2 nitrogen and oxygen atoms in total. The molecule has 0 saturated carbocycles. The van der Waals surface area contributed by atoms with Crippen molar-refractivity contribution in [3.05, 3.63) is 36.2 Å². The Labute approximate surface area is 83.2 Å². The van der Waals surface area contributed by atoms with E-state index in [0.29, 0.717) is 11.7 Å². The van der Waals surface area contributed by atoms with E-state index in [1.54, 1.807) is 12.3 Å². The summed E-state index contributed by atoms with van der Waals surface area (Å²) in [6, 6.07) is 5.50. The van der Waals surface area contributed by atoms with Crippen molar-refractivity contribution in [3.63, 3.8) is 0 Å². The molecule has 2 rings (SSSR count). The van der Waals surface area contributed by atoms with Crippen LogP contribution in [0.2, 0.25) is 0 Å². The van der Waals surface area contributed by atoms with Crippen LogP contribution in [0, 0.1) is 0 Å². The fourth-order valence-electron chi connectivity index (χ4n) is 1.69.